The van der Waals surface area contributed by atoms with E-state index in [4.69, 9.17) is 9.47 Å². The van der Waals surface area contributed by atoms with E-state index in [9.17, 15) is 5.26 Å². The highest BCUT2D eigenvalue weighted by Gasteiger charge is 2.39. The molecule has 2 aromatic carbocycles. The zero-order chi connectivity index (χ0) is 24.2. The Labute approximate surface area is 207 Å². The van der Waals surface area contributed by atoms with Crippen LogP contribution in [0.15, 0.2) is 48.7 Å². The Hall–Kier alpha value is -3.34. The smallest absolute Gasteiger partial charge is 0.163 e. The van der Waals surface area contributed by atoms with Crippen molar-refractivity contribution in [2.24, 2.45) is 0 Å². The number of anilines is 1. The molecule has 3 aromatic rings. The molecule has 0 bridgehead atoms. The number of aromatic nitrogens is 1. The lowest BCUT2D eigenvalue weighted by Gasteiger charge is -2.32. The third kappa shape index (κ3) is 5.34. The molecule has 0 spiro atoms. The van der Waals surface area contributed by atoms with Crippen molar-refractivity contribution in [1.82, 2.24) is 14.8 Å². The molecular formula is C28H33N5O2. The van der Waals surface area contributed by atoms with Crippen molar-refractivity contribution in [1.29, 1.82) is 5.26 Å². The second-order valence-corrected chi connectivity index (χ2v) is 9.53. The van der Waals surface area contributed by atoms with Crippen molar-refractivity contribution in [3.63, 3.8) is 0 Å². The summed E-state index contributed by atoms with van der Waals surface area (Å²) in [4.78, 5) is 9.41. The van der Waals surface area contributed by atoms with Crippen LogP contribution in [0.1, 0.15) is 29.9 Å². The van der Waals surface area contributed by atoms with Crippen LogP contribution < -0.4 is 14.8 Å². The lowest BCUT2D eigenvalue weighted by molar-refractivity contribution is 0.145. The van der Waals surface area contributed by atoms with E-state index in [1.165, 1.54) is 5.56 Å². The van der Waals surface area contributed by atoms with Crippen molar-refractivity contribution in [3.8, 4) is 17.6 Å². The molecule has 5 rings (SSSR count). The molecule has 1 saturated carbocycles. The predicted octanol–water partition coefficient (Wildman–Crippen LogP) is 4.10. The first kappa shape index (κ1) is 23.4. The SMILES string of the molecule is COc1cc2c(N[C@@H]3C[C@H]3c3ccccc3)c(C#N)cnc2cc1OCCCN1CCN(C)CC1. The highest BCUT2D eigenvalue weighted by Crippen LogP contribution is 2.45. The van der Waals surface area contributed by atoms with Gasteiger partial charge in [-0.25, -0.2) is 0 Å². The number of benzene rings is 2. The Kier molecular flexibility index (Phi) is 7.03. The zero-order valence-corrected chi connectivity index (χ0v) is 20.5. The largest absolute Gasteiger partial charge is 0.493 e. The molecule has 2 heterocycles. The second kappa shape index (κ2) is 10.5. The number of hydrogen-bond donors (Lipinski definition) is 1. The summed E-state index contributed by atoms with van der Waals surface area (Å²) in [5.74, 6) is 1.80. The Morgan fingerprint density at radius 1 is 1.11 bits per heavy atom. The molecule has 7 nitrogen and oxygen atoms in total. The number of pyridine rings is 1. The molecule has 2 fully saturated rings. The Balaban J connectivity index is 1.29. The maximum Gasteiger partial charge on any atom is 0.163 e. The number of nitrogens with one attached hydrogen (secondary N) is 1. The topological polar surface area (TPSA) is 73.6 Å². The van der Waals surface area contributed by atoms with E-state index in [0.717, 1.165) is 62.2 Å². The fourth-order valence-corrected chi connectivity index (χ4v) is 4.86. The summed E-state index contributed by atoms with van der Waals surface area (Å²) in [5, 5.41) is 14.2. The summed E-state index contributed by atoms with van der Waals surface area (Å²) in [6.45, 7) is 6.13. The first-order valence-corrected chi connectivity index (χ1v) is 12.4. The quantitative estimate of drug-likeness (QED) is 0.471. The molecule has 7 heteroatoms. The van der Waals surface area contributed by atoms with E-state index in [2.05, 4.69) is 57.5 Å². The third-order valence-electron chi connectivity index (χ3n) is 7.09. The summed E-state index contributed by atoms with van der Waals surface area (Å²) in [6.07, 6.45) is 3.65. The summed E-state index contributed by atoms with van der Waals surface area (Å²) < 4.78 is 11.8. The van der Waals surface area contributed by atoms with Crippen LogP contribution in [0.2, 0.25) is 0 Å². The van der Waals surface area contributed by atoms with Crippen LogP contribution >= 0.6 is 0 Å². The van der Waals surface area contributed by atoms with Gasteiger partial charge >= 0.3 is 0 Å². The highest BCUT2D eigenvalue weighted by molar-refractivity contribution is 5.96. The van der Waals surface area contributed by atoms with Crippen LogP contribution in [0.3, 0.4) is 0 Å². The molecule has 1 aliphatic carbocycles. The molecule has 1 saturated heterocycles. The number of hydrogen-bond acceptors (Lipinski definition) is 7. The van der Waals surface area contributed by atoms with Crippen molar-refractivity contribution >= 4 is 16.6 Å². The number of likely N-dealkylation sites (N-methyl/N-ethyl adjacent to an activating group) is 1. The molecular weight excluding hydrogens is 438 g/mol. The molecule has 1 aromatic heterocycles. The molecule has 0 radical (unpaired) electrons. The molecule has 2 aliphatic rings. The normalized spacial score (nSPS) is 20.4. The molecule has 0 amide bonds. The molecule has 182 valence electrons. The van der Waals surface area contributed by atoms with Gasteiger partial charge in [0, 0.05) is 62.3 Å². The van der Waals surface area contributed by atoms with Crippen LogP contribution in [0.4, 0.5) is 5.69 Å². The fraction of sp³-hybridized carbons (Fsp3) is 0.429. The molecule has 1 N–H and O–H groups in total. The van der Waals surface area contributed by atoms with Gasteiger partial charge in [-0.05, 0) is 31.5 Å². The molecule has 35 heavy (non-hydrogen) atoms. The van der Waals surface area contributed by atoms with E-state index in [1.807, 2.05) is 18.2 Å². The lowest BCUT2D eigenvalue weighted by atomic mass is 10.1. The Morgan fingerprint density at radius 3 is 2.66 bits per heavy atom. The zero-order valence-electron chi connectivity index (χ0n) is 20.5. The monoisotopic (exact) mass is 471 g/mol. The maximum absolute atomic E-state index is 9.75. The number of fused-ring (bicyclic) bond motifs is 1. The van der Waals surface area contributed by atoms with E-state index in [0.29, 0.717) is 35.6 Å². The maximum atomic E-state index is 9.75. The average molecular weight is 472 g/mol. The number of nitriles is 1. The van der Waals surface area contributed by atoms with Gasteiger partial charge in [-0.2, -0.15) is 5.26 Å². The van der Waals surface area contributed by atoms with Crippen LogP contribution in [-0.2, 0) is 0 Å². The van der Waals surface area contributed by atoms with Crippen LogP contribution in [-0.4, -0.2) is 74.3 Å². The standard InChI is InChI=1S/C28H33N5O2/c1-32-10-12-33(13-11-32)9-6-14-35-27-17-24-23(16-26(27)34-2)28(21(18-29)19-30-24)31-25-15-22(25)20-7-4-3-5-8-20/h3-5,7-8,16-17,19,22,25H,6,9-15H2,1-2H3,(H,30,31)/t22-,25+/m0/s1. The fourth-order valence-electron chi connectivity index (χ4n) is 4.86. The van der Waals surface area contributed by atoms with Gasteiger partial charge in [0.2, 0.25) is 0 Å². The summed E-state index contributed by atoms with van der Waals surface area (Å²) in [7, 11) is 3.83. The average Bonchev–Trinajstić information content (AvgIpc) is 3.67. The lowest BCUT2D eigenvalue weighted by Crippen LogP contribution is -2.44. The summed E-state index contributed by atoms with van der Waals surface area (Å²) in [5.41, 5.74) is 3.48. The highest BCUT2D eigenvalue weighted by atomic mass is 16.5. The van der Waals surface area contributed by atoms with E-state index in [-0.39, 0.29) is 0 Å². The van der Waals surface area contributed by atoms with Crippen molar-refractivity contribution in [2.45, 2.75) is 24.8 Å². The van der Waals surface area contributed by atoms with Gasteiger partial charge < -0.3 is 24.6 Å². The summed E-state index contributed by atoms with van der Waals surface area (Å²) in [6, 6.07) is 17.0. The van der Waals surface area contributed by atoms with E-state index in [1.54, 1.807) is 13.3 Å². The molecule has 0 unspecified atom stereocenters. The third-order valence-corrected chi connectivity index (χ3v) is 7.09. The molecule has 1 aliphatic heterocycles. The van der Waals surface area contributed by atoms with Gasteiger partial charge in [0.15, 0.2) is 11.5 Å². The minimum atomic E-state index is 0.298. The number of methoxy groups -OCH3 is 1. The number of piperazine rings is 1. The first-order chi connectivity index (χ1) is 17.2. The number of rotatable bonds is 9. The predicted molar refractivity (Wildman–Crippen MR) is 138 cm³/mol. The minimum absolute atomic E-state index is 0.298. The Morgan fingerprint density at radius 2 is 1.91 bits per heavy atom. The van der Waals surface area contributed by atoms with Gasteiger partial charge in [-0.1, -0.05) is 30.3 Å². The van der Waals surface area contributed by atoms with Crippen molar-refractivity contribution in [2.75, 3.05) is 58.8 Å². The van der Waals surface area contributed by atoms with Crippen molar-refractivity contribution in [3.05, 3.63) is 59.8 Å². The van der Waals surface area contributed by atoms with E-state index < -0.39 is 0 Å². The molecule has 2 atom stereocenters. The van der Waals surface area contributed by atoms with Crippen LogP contribution in [0.25, 0.3) is 10.9 Å². The van der Waals surface area contributed by atoms with Crippen LogP contribution in [0.5, 0.6) is 11.5 Å². The van der Waals surface area contributed by atoms with Crippen LogP contribution in [0, 0.1) is 11.3 Å². The van der Waals surface area contributed by atoms with Gasteiger partial charge in [-0.15, -0.1) is 0 Å². The van der Waals surface area contributed by atoms with Crippen molar-refractivity contribution < 1.29 is 9.47 Å². The van der Waals surface area contributed by atoms with Gasteiger partial charge in [-0.3, -0.25) is 4.98 Å². The minimum Gasteiger partial charge on any atom is -0.493 e. The van der Waals surface area contributed by atoms with E-state index >= 15 is 0 Å². The first-order valence-electron chi connectivity index (χ1n) is 12.4. The number of ether oxygens (including phenoxy) is 2. The van der Waals surface area contributed by atoms with Gasteiger partial charge in [0.1, 0.15) is 6.07 Å². The summed E-state index contributed by atoms with van der Waals surface area (Å²) >= 11 is 0. The number of nitrogens with zero attached hydrogens (tertiary/aromatic N) is 4. The van der Waals surface area contributed by atoms with Gasteiger partial charge in [0.05, 0.1) is 30.5 Å². The Bertz CT molecular complexity index is 1200. The second-order valence-electron chi connectivity index (χ2n) is 9.53. The van der Waals surface area contributed by atoms with Gasteiger partial charge in [0.25, 0.3) is 0 Å².